The van der Waals surface area contributed by atoms with Gasteiger partial charge in [-0.05, 0) is 18.2 Å². The normalized spacial score (nSPS) is 10.5. The summed E-state index contributed by atoms with van der Waals surface area (Å²) in [4.78, 5) is 4.95. The molecule has 0 aliphatic heterocycles. The SMILES string of the molecule is Nc1ncc(Cc2cc(Cl)ccc2O)s1. The van der Waals surface area contributed by atoms with E-state index in [-0.39, 0.29) is 5.75 Å². The van der Waals surface area contributed by atoms with Crippen molar-refractivity contribution < 1.29 is 5.11 Å². The van der Waals surface area contributed by atoms with E-state index in [0.29, 0.717) is 16.6 Å². The van der Waals surface area contributed by atoms with Crippen LogP contribution in [0.2, 0.25) is 5.02 Å². The van der Waals surface area contributed by atoms with Gasteiger partial charge in [0.25, 0.3) is 0 Å². The van der Waals surface area contributed by atoms with E-state index in [4.69, 9.17) is 17.3 Å². The number of phenols is 1. The van der Waals surface area contributed by atoms with Crippen LogP contribution < -0.4 is 5.73 Å². The van der Waals surface area contributed by atoms with Gasteiger partial charge in [-0.2, -0.15) is 0 Å². The zero-order valence-electron chi connectivity index (χ0n) is 7.77. The Kier molecular flexibility index (Phi) is 2.79. The summed E-state index contributed by atoms with van der Waals surface area (Å²) >= 11 is 7.25. The molecule has 0 unspecified atom stereocenters. The van der Waals surface area contributed by atoms with Crippen molar-refractivity contribution in [2.24, 2.45) is 0 Å². The number of nitrogen functional groups attached to an aromatic ring is 1. The number of rotatable bonds is 2. The lowest BCUT2D eigenvalue weighted by Gasteiger charge is -2.02. The second-order valence-electron chi connectivity index (χ2n) is 3.11. The van der Waals surface area contributed by atoms with Gasteiger partial charge >= 0.3 is 0 Å². The number of phenolic OH excluding ortho intramolecular Hbond substituents is 1. The summed E-state index contributed by atoms with van der Waals surface area (Å²) in [5, 5.41) is 10.7. The van der Waals surface area contributed by atoms with Crippen LogP contribution in [0, 0.1) is 0 Å². The molecule has 0 radical (unpaired) electrons. The number of thiazole rings is 1. The van der Waals surface area contributed by atoms with Gasteiger partial charge in [-0.1, -0.05) is 11.6 Å². The van der Waals surface area contributed by atoms with E-state index in [1.807, 2.05) is 0 Å². The van der Waals surface area contributed by atoms with Gasteiger partial charge in [-0.25, -0.2) is 4.98 Å². The highest BCUT2D eigenvalue weighted by atomic mass is 35.5. The lowest BCUT2D eigenvalue weighted by molar-refractivity contribution is 0.469. The van der Waals surface area contributed by atoms with Crippen LogP contribution in [0.25, 0.3) is 0 Å². The third-order valence-corrected chi connectivity index (χ3v) is 3.04. The molecule has 0 amide bonds. The zero-order chi connectivity index (χ0) is 10.8. The maximum Gasteiger partial charge on any atom is 0.180 e. The topological polar surface area (TPSA) is 59.1 Å². The van der Waals surface area contributed by atoms with Gasteiger partial charge in [0.2, 0.25) is 0 Å². The molecule has 5 heteroatoms. The molecule has 1 aromatic carbocycles. The smallest absolute Gasteiger partial charge is 0.180 e. The Bertz CT molecular complexity index is 484. The van der Waals surface area contributed by atoms with Crippen molar-refractivity contribution in [3.8, 4) is 5.75 Å². The number of aromatic hydroxyl groups is 1. The van der Waals surface area contributed by atoms with Gasteiger partial charge in [-0.15, -0.1) is 11.3 Å². The highest BCUT2D eigenvalue weighted by Crippen LogP contribution is 2.26. The number of benzene rings is 1. The molecule has 0 saturated carbocycles. The fourth-order valence-corrected chi connectivity index (χ4v) is 2.19. The standard InChI is InChI=1S/C10H9ClN2OS/c11-7-1-2-9(14)6(3-7)4-8-5-13-10(12)15-8/h1-3,5,14H,4H2,(H2,12,13). The minimum Gasteiger partial charge on any atom is -0.508 e. The van der Waals surface area contributed by atoms with Crippen LogP contribution in [0.4, 0.5) is 5.13 Å². The van der Waals surface area contributed by atoms with E-state index in [2.05, 4.69) is 4.98 Å². The predicted molar refractivity (Wildman–Crippen MR) is 62.4 cm³/mol. The van der Waals surface area contributed by atoms with E-state index in [1.165, 1.54) is 11.3 Å². The van der Waals surface area contributed by atoms with Gasteiger partial charge in [0.1, 0.15) is 5.75 Å². The van der Waals surface area contributed by atoms with Crippen LogP contribution in [-0.4, -0.2) is 10.1 Å². The molecule has 0 fully saturated rings. The number of hydrogen-bond acceptors (Lipinski definition) is 4. The molecule has 0 bridgehead atoms. The molecule has 0 aliphatic carbocycles. The van der Waals surface area contributed by atoms with Crippen molar-refractivity contribution >= 4 is 28.1 Å². The molecule has 1 heterocycles. The monoisotopic (exact) mass is 240 g/mol. The number of anilines is 1. The van der Waals surface area contributed by atoms with E-state index in [1.54, 1.807) is 24.4 Å². The lowest BCUT2D eigenvalue weighted by atomic mass is 10.1. The number of nitrogens with two attached hydrogens (primary N) is 1. The largest absolute Gasteiger partial charge is 0.508 e. The van der Waals surface area contributed by atoms with Gasteiger partial charge in [0.05, 0.1) is 0 Å². The fraction of sp³-hybridized carbons (Fsp3) is 0.100. The summed E-state index contributed by atoms with van der Waals surface area (Å²) < 4.78 is 0. The second-order valence-corrected chi connectivity index (χ2v) is 4.70. The molecule has 0 atom stereocenters. The van der Waals surface area contributed by atoms with Crippen molar-refractivity contribution in [1.29, 1.82) is 0 Å². The first-order chi connectivity index (χ1) is 7.15. The van der Waals surface area contributed by atoms with E-state index >= 15 is 0 Å². The Hall–Kier alpha value is -1.26. The molecule has 15 heavy (non-hydrogen) atoms. The number of nitrogens with zero attached hydrogens (tertiary/aromatic N) is 1. The Morgan fingerprint density at radius 3 is 2.93 bits per heavy atom. The fourth-order valence-electron chi connectivity index (χ4n) is 1.29. The molecule has 0 aliphatic rings. The van der Waals surface area contributed by atoms with Crippen LogP contribution in [0.5, 0.6) is 5.75 Å². The van der Waals surface area contributed by atoms with Gasteiger partial charge in [0.15, 0.2) is 5.13 Å². The average molecular weight is 241 g/mol. The van der Waals surface area contributed by atoms with Crippen molar-refractivity contribution in [1.82, 2.24) is 4.98 Å². The Balaban J connectivity index is 2.27. The molecular weight excluding hydrogens is 232 g/mol. The highest BCUT2D eigenvalue weighted by molar-refractivity contribution is 7.15. The molecule has 3 N–H and O–H groups in total. The molecule has 0 saturated heterocycles. The number of hydrogen-bond donors (Lipinski definition) is 2. The van der Waals surface area contributed by atoms with Crippen molar-refractivity contribution in [2.45, 2.75) is 6.42 Å². The van der Waals surface area contributed by atoms with Crippen molar-refractivity contribution in [3.05, 3.63) is 39.9 Å². The average Bonchev–Trinajstić information content (AvgIpc) is 2.58. The summed E-state index contributed by atoms with van der Waals surface area (Å²) in [6, 6.07) is 4.98. The van der Waals surface area contributed by atoms with E-state index in [0.717, 1.165) is 10.4 Å². The highest BCUT2D eigenvalue weighted by Gasteiger charge is 2.05. The molecule has 3 nitrogen and oxygen atoms in total. The first kappa shape index (κ1) is 10.3. The summed E-state index contributed by atoms with van der Waals surface area (Å²) in [6.45, 7) is 0. The molecule has 0 spiro atoms. The maximum absolute atomic E-state index is 9.60. The van der Waals surface area contributed by atoms with Crippen LogP contribution in [0.3, 0.4) is 0 Å². The first-order valence-electron chi connectivity index (χ1n) is 4.33. The maximum atomic E-state index is 9.60. The van der Waals surface area contributed by atoms with Crippen molar-refractivity contribution in [2.75, 3.05) is 5.73 Å². The van der Waals surface area contributed by atoms with Crippen molar-refractivity contribution in [3.63, 3.8) is 0 Å². The predicted octanol–water partition coefficient (Wildman–Crippen LogP) is 2.68. The minimum absolute atomic E-state index is 0.242. The Labute approximate surface area is 96.2 Å². The number of aromatic nitrogens is 1. The van der Waals surface area contributed by atoms with E-state index in [9.17, 15) is 5.11 Å². The molecular formula is C10H9ClN2OS. The Morgan fingerprint density at radius 1 is 1.47 bits per heavy atom. The summed E-state index contributed by atoms with van der Waals surface area (Å²) in [5.41, 5.74) is 6.30. The molecule has 2 aromatic rings. The molecule has 2 rings (SSSR count). The van der Waals surface area contributed by atoms with Crippen LogP contribution in [0.15, 0.2) is 24.4 Å². The summed E-state index contributed by atoms with van der Waals surface area (Å²) in [5.74, 6) is 0.242. The first-order valence-corrected chi connectivity index (χ1v) is 5.52. The van der Waals surface area contributed by atoms with Gasteiger partial charge in [0, 0.05) is 28.1 Å². The zero-order valence-corrected chi connectivity index (χ0v) is 9.35. The van der Waals surface area contributed by atoms with Crippen LogP contribution in [-0.2, 0) is 6.42 Å². The van der Waals surface area contributed by atoms with Gasteiger partial charge < -0.3 is 10.8 Å². The molecule has 78 valence electrons. The summed E-state index contributed by atoms with van der Waals surface area (Å²) in [7, 11) is 0. The second kappa shape index (κ2) is 4.08. The number of halogens is 1. The van der Waals surface area contributed by atoms with Crippen LogP contribution in [0.1, 0.15) is 10.4 Å². The van der Waals surface area contributed by atoms with E-state index < -0.39 is 0 Å². The quantitative estimate of drug-likeness (QED) is 0.849. The van der Waals surface area contributed by atoms with Crippen LogP contribution >= 0.6 is 22.9 Å². The third-order valence-electron chi connectivity index (χ3n) is 1.98. The third kappa shape index (κ3) is 2.40. The minimum atomic E-state index is 0.242. The summed E-state index contributed by atoms with van der Waals surface area (Å²) in [6.07, 6.45) is 2.31. The molecule has 1 aromatic heterocycles. The Morgan fingerprint density at radius 2 is 2.27 bits per heavy atom. The lowest BCUT2D eigenvalue weighted by Crippen LogP contribution is -1.85. The van der Waals surface area contributed by atoms with Gasteiger partial charge in [-0.3, -0.25) is 0 Å².